The average molecular weight is 323 g/mol. The van der Waals surface area contributed by atoms with Gasteiger partial charge >= 0.3 is 0 Å². The van der Waals surface area contributed by atoms with Crippen molar-refractivity contribution in [1.29, 1.82) is 0 Å². The molecule has 6 heteroatoms. The first-order valence-electron chi connectivity index (χ1n) is 6.88. The third-order valence-electron chi connectivity index (χ3n) is 3.80. The lowest BCUT2D eigenvalue weighted by atomic mass is 10.1. The second-order valence-corrected chi connectivity index (χ2v) is 6.92. The van der Waals surface area contributed by atoms with Crippen LogP contribution in [0.1, 0.15) is 28.5 Å². The van der Waals surface area contributed by atoms with E-state index >= 15 is 0 Å². The first-order chi connectivity index (χ1) is 10.1. The Kier molecular flexibility index (Phi) is 4.24. The Labute approximate surface area is 131 Å². The molecule has 0 saturated heterocycles. The second kappa shape index (κ2) is 6.13. The highest BCUT2D eigenvalue weighted by molar-refractivity contribution is 7.16. The Morgan fingerprint density at radius 2 is 2.14 bits per heavy atom. The van der Waals surface area contributed by atoms with Crippen LogP contribution >= 0.6 is 22.9 Å². The molecule has 4 nitrogen and oxygen atoms in total. The fraction of sp³-hybridized carbons (Fsp3) is 0.333. The van der Waals surface area contributed by atoms with Gasteiger partial charge in [0.05, 0.1) is 9.26 Å². The SMILES string of the molecule is O=[N+]([O-])c1ccc(CCNC2CCc3sc(Cl)cc32)cc1. The van der Waals surface area contributed by atoms with Crippen LogP contribution in [0.2, 0.25) is 4.34 Å². The molecule has 0 saturated carbocycles. The monoisotopic (exact) mass is 322 g/mol. The fourth-order valence-corrected chi connectivity index (χ4v) is 4.07. The predicted octanol–water partition coefficient (Wildman–Crippen LogP) is 4.13. The van der Waals surface area contributed by atoms with Crippen molar-refractivity contribution in [2.75, 3.05) is 6.54 Å². The largest absolute Gasteiger partial charge is 0.310 e. The summed E-state index contributed by atoms with van der Waals surface area (Å²) < 4.78 is 0.863. The molecule has 1 aromatic carbocycles. The lowest BCUT2D eigenvalue weighted by Crippen LogP contribution is -2.21. The van der Waals surface area contributed by atoms with Gasteiger partial charge in [-0.2, -0.15) is 0 Å². The summed E-state index contributed by atoms with van der Waals surface area (Å²) in [5.74, 6) is 0. The van der Waals surface area contributed by atoms with Crippen molar-refractivity contribution in [1.82, 2.24) is 5.32 Å². The molecule has 1 aromatic heterocycles. The molecule has 1 aliphatic carbocycles. The Hall–Kier alpha value is -1.43. The van der Waals surface area contributed by atoms with E-state index < -0.39 is 0 Å². The molecule has 0 aliphatic heterocycles. The van der Waals surface area contributed by atoms with E-state index in [1.165, 1.54) is 10.4 Å². The number of aryl methyl sites for hydroxylation is 1. The van der Waals surface area contributed by atoms with Gasteiger partial charge in [0.15, 0.2) is 0 Å². The molecule has 1 N–H and O–H groups in total. The molecule has 1 atom stereocenters. The molecule has 0 bridgehead atoms. The van der Waals surface area contributed by atoms with Crippen LogP contribution in [0, 0.1) is 10.1 Å². The van der Waals surface area contributed by atoms with Crippen molar-refractivity contribution >= 4 is 28.6 Å². The molecule has 0 spiro atoms. The van der Waals surface area contributed by atoms with E-state index in [1.54, 1.807) is 23.5 Å². The molecular weight excluding hydrogens is 308 g/mol. The quantitative estimate of drug-likeness (QED) is 0.665. The van der Waals surface area contributed by atoms with Crippen LogP contribution in [-0.4, -0.2) is 11.5 Å². The predicted molar refractivity (Wildman–Crippen MR) is 85.2 cm³/mol. The molecule has 0 amide bonds. The molecule has 1 aliphatic rings. The number of nitro benzene ring substituents is 1. The molecule has 1 heterocycles. The van der Waals surface area contributed by atoms with Gasteiger partial charge in [0.25, 0.3) is 5.69 Å². The van der Waals surface area contributed by atoms with E-state index in [0.717, 1.165) is 35.7 Å². The highest BCUT2D eigenvalue weighted by Gasteiger charge is 2.24. The van der Waals surface area contributed by atoms with Gasteiger partial charge < -0.3 is 5.32 Å². The Balaban J connectivity index is 1.53. The van der Waals surface area contributed by atoms with Gasteiger partial charge in [0, 0.05) is 23.1 Å². The summed E-state index contributed by atoms with van der Waals surface area (Å²) >= 11 is 7.73. The van der Waals surface area contributed by atoms with Crippen LogP contribution in [0.5, 0.6) is 0 Å². The number of thiophene rings is 1. The van der Waals surface area contributed by atoms with Crippen LogP contribution in [0.25, 0.3) is 0 Å². The minimum absolute atomic E-state index is 0.139. The number of hydrogen-bond acceptors (Lipinski definition) is 4. The van der Waals surface area contributed by atoms with E-state index in [2.05, 4.69) is 11.4 Å². The minimum Gasteiger partial charge on any atom is -0.310 e. The van der Waals surface area contributed by atoms with Gasteiger partial charge in [-0.15, -0.1) is 11.3 Å². The normalized spacial score (nSPS) is 16.9. The van der Waals surface area contributed by atoms with Crippen molar-refractivity contribution in [3.63, 3.8) is 0 Å². The lowest BCUT2D eigenvalue weighted by molar-refractivity contribution is -0.384. The van der Waals surface area contributed by atoms with Crippen LogP contribution < -0.4 is 5.32 Å². The minimum atomic E-state index is -0.373. The standard InChI is InChI=1S/C15H15ClN2O2S/c16-15-9-12-13(5-6-14(12)21-15)17-8-7-10-1-3-11(4-2-10)18(19)20/h1-4,9,13,17H,5-8H2. The van der Waals surface area contributed by atoms with E-state index in [0.29, 0.717) is 6.04 Å². The van der Waals surface area contributed by atoms with Gasteiger partial charge in [-0.25, -0.2) is 0 Å². The molecule has 3 rings (SSSR count). The summed E-state index contributed by atoms with van der Waals surface area (Å²) in [6.45, 7) is 0.857. The van der Waals surface area contributed by atoms with Crippen molar-refractivity contribution in [2.45, 2.75) is 25.3 Å². The van der Waals surface area contributed by atoms with Crippen molar-refractivity contribution in [2.24, 2.45) is 0 Å². The van der Waals surface area contributed by atoms with Crippen molar-refractivity contribution in [3.05, 3.63) is 60.8 Å². The van der Waals surface area contributed by atoms with Crippen LogP contribution in [0.3, 0.4) is 0 Å². The van der Waals surface area contributed by atoms with E-state index in [1.807, 2.05) is 12.1 Å². The smallest absolute Gasteiger partial charge is 0.269 e. The first-order valence-corrected chi connectivity index (χ1v) is 8.08. The highest BCUT2D eigenvalue weighted by atomic mass is 35.5. The number of halogens is 1. The first kappa shape index (κ1) is 14.5. The van der Waals surface area contributed by atoms with Gasteiger partial charge in [-0.05, 0) is 43.0 Å². The lowest BCUT2D eigenvalue weighted by Gasteiger charge is -2.12. The molecular formula is C15H15ClN2O2S. The number of nitro groups is 1. The Morgan fingerprint density at radius 1 is 1.38 bits per heavy atom. The van der Waals surface area contributed by atoms with E-state index in [4.69, 9.17) is 11.6 Å². The van der Waals surface area contributed by atoms with Gasteiger partial charge in [-0.1, -0.05) is 23.7 Å². The van der Waals surface area contributed by atoms with E-state index in [9.17, 15) is 10.1 Å². The summed E-state index contributed by atoms with van der Waals surface area (Å²) in [7, 11) is 0. The number of rotatable bonds is 5. The third-order valence-corrected chi connectivity index (χ3v) is 5.14. The molecule has 1 unspecified atom stereocenters. The summed E-state index contributed by atoms with van der Waals surface area (Å²) in [5.41, 5.74) is 2.59. The molecule has 21 heavy (non-hydrogen) atoms. The third kappa shape index (κ3) is 3.26. The zero-order valence-corrected chi connectivity index (χ0v) is 12.9. The number of benzene rings is 1. The number of non-ortho nitro benzene ring substituents is 1. The number of nitrogens with zero attached hydrogens (tertiary/aromatic N) is 1. The Bertz CT molecular complexity index is 654. The zero-order valence-electron chi connectivity index (χ0n) is 11.3. The number of hydrogen-bond donors (Lipinski definition) is 1. The average Bonchev–Trinajstić information content (AvgIpc) is 2.99. The summed E-state index contributed by atoms with van der Waals surface area (Å²) in [5, 5.41) is 14.2. The number of fused-ring (bicyclic) bond motifs is 1. The van der Waals surface area contributed by atoms with E-state index in [-0.39, 0.29) is 10.6 Å². The summed E-state index contributed by atoms with van der Waals surface area (Å²) in [6, 6.07) is 9.21. The maximum atomic E-state index is 10.6. The maximum absolute atomic E-state index is 10.6. The Morgan fingerprint density at radius 3 is 2.86 bits per heavy atom. The van der Waals surface area contributed by atoms with Crippen molar-refractivity contribution in [3.8, 4) is 0 Å². The second-order valence-electron chi connectivity index (χ2n) is 5.15. The van der Waals surface area contributed by atoms with Crippen molar-refractivity contribution < 1.29 is 4.92 Å². The number of nitrogens with one attached hydrogen (secondary N) is 1. The molecule has 0 radical (unpaired) electrons. The summed E-state index contributed by atoms with van der Waals surface area (Å²) in [4.78, 5) is 11.6. The summed E-state index contributed by atoms with van der Waals surface area (Å²) in [6.07, 6.45) is 3.09. The van der Waals surface area contributed by atoms with Crippen LogP contribution in [0.4, 0.5) is 5.69 Å². The zero-order chi connectivity index (χ0) is 14.8. The van der Waals surface area contributed by atoms with Crippen LogP contribution in [-0.2, 0) is 12.8 Å². The topological polar surface area (TPSA) is 55.2 Å². The molecule has 0 fully saturated rings. The van der Waals surface area contributed by atoms with Crippen LogP contribution in [0.15, 0.2) is 30.3 Å². The molecule has 2 aromatic rings. The highest BCUT2D eigenvalue weighted by Crippen LogP contribution is 2.39. The van der Waals surface area contributed by atoms with Gasteiger partial charge in [0.2, 0.25) is 0 Å². The maximum Gasteiger partial charge on any atom is 0.269 e. The van der Waals surface area contributed by atoms with Gasteiger partial charge in [-0.3, -0.25) is 10.1 Å². The molecule has 110 valence electrons. The van der Waals surface area contributed by atoms with Gasteiger partial charge in [0.1, 0.15) is 0 Å². The fourth-order valence-electron chi connectivity index (χ4n) is 2.72.